The molecule has 3 rings (SSSR count). The first-order valence-electron chi connectivity index (χ1n) is 7.44. The summed E-state index contributed by atoms with van der Waals surface area (Å²) in [4.78, 5) is 38.5. The first kappa shape index (κ1) is 17.5. The molecule has 0 unspecified atom stereocenters. The number of thiazole rings is 1. The molecule has 26 heavy (non-hydrogen) atoms. The standard InChI is InChI=1S/C17H13N3O5S/c1-9-7-14-12(8-13(9)20(23)24)18-17(26-14)19-15(21)10-3-5-11(6-4-10)16(22)25-2/h3-8H,1-2H3,(H,18,19,21). The molecule has 132 valence electrons. The number of esters is 1. The monoisotopic (exact) mass is 371 g/mol. The Morgan fingerprint density at radius 1 is 1.19 bits per heavy atom. The van der Waals surface area contributed by atoms with E-state index in [9.17, 15) is 19.7 Å². The number of ether oxygens (including phenoxy) is 1. The number of aromatic nitrogens is 1. The summed E-state index contributed by atoms with van der Waals surface area (Å²) in [5, 5.41) is 14.0. The fraction of sp³-hybridized carbons (Fsp3) is 0.118. The van der Waals surface area contributed by atoms with Gasteiger partial charge in [-0.15, -0.1) is 0 Å². The highest BCUT2D eigenvalue weighted by atomic mass is 32.1. The van der Waals surface area contributed by atoms with Crippen LogP contribution in [-0.4, -0.2) is 28.9 Å². The number of fused-ring (bicyclic) bond motifs is 1. The van der Waals surface area contributed by atoms with Crippen LogP contribution in [0.2, 0.25) is 0 Å². The molecule has 1 heterocycles. The first-order chi connectivity index (χ1) is 12.4. The van der Waals surface area contributed by atoms with Gasteiger partial charge in [-0.2, -0.15) is 0 Å². The Bertz CT molecular complexity index is 1030. The molecule has 0 spiro atoms. The van der Waals surface area contributed by atoms with E-state index in [1.807, 2.05) is 0 Å². The van der Waals surface area contributed by atoms with E-state index in [1.165, 1.54) is 48.8 Å². The van der Waals surface area contributed by atoms with Crippen LogP contribution in [0.3, 0.4) is 0 Å². The van der Waals surface area contributed by atoms with Gasteiger partial charge in [0.15, 0.2) is 5.13 Å². The van der Waals surface area contributed by atoms with Gasteiger partial charge in [-0.25, -0.2) is 9.78 Å². The van der Waals surface area contributed by atoms with Gasteiger partial charge in [0.2, 0.25) is 0 Å². The first-order valence-corrected chi connectivity index (χ1v) is 8.26. The summed E-state index contributed by atoms with van der Waals surface area (Å²) in [7, 11) is 1.28. The number of anilines is 1. The van der Waals surface area contributed by atoms with Crippen molar-refractivity contribution in [3.63, 3.8) is 0 Å². The van der Waals surface area contributed by atoms with Crippen molar-refractivity contribution in [1.29, 1.82) is 0 Å². The van der Waals surface area contributed by atoms with Gasteiger partial charge in [0.05, 0.1) is 27.8 Å². The highest BCUT2D eigenvalue weighted by Gasteiger charge is 2.16. The van der Waals surface area contributed by atoms with E-state index in [2.05, 4.69) is 15.0 Å². The van der Waals surface area contributed by atoms with Crippen molar-refractivity contribution in [3.8, 4) is 0 Å². The molecule has 1 amide bonds. The van der Waals surface area contributed by atoms with Gasteiger partial charge >= 0.3 is 5.97 Å². The Morgan fingerprint density at radius 3 is 2.46 bits per heavy atom. The van der Waals surface area contributed by atoms with E-state index in [1.54, 1.807) is 13.0 Å². The average Bonchev–Trinajstić information content (AvgIpc) is 3.01. The number of nitrogens with one attached hydrogen (secondary N) is 1. The molecule has 0 atom stereocenters. The van der Waals surface area contributed by atoms with Gasteiger partial charge in [0.1, 0.15) is 0 Å². The summed E-state index contributed by atoms with van der Waals surface area (Å²) in [6.07, 6.45) is 0. The van der Waals surface area contributed by atoms with Crippen molar-refractivity contribution in [2.45, 2.75) is 6.92 Å². The lowest BCUT2D eigenvalue weighted by Gasteiger charge is -2.03. The smallest absolute Gasteiger partial charge is 0.337 e. The Morgan fingerprint density at radius 2 is 1.85 bits per heavy atom. The van der Waals surface area contributed by atoms with Gasteiger partial charge in [0.25, 0.3) is 11.6 Å². The molecular weight excluding hydrogens is 358 g/mol. The molecule has 0 saturated carbocycles. The summed E-state index contributed by atoms with van der Waals surface area (Å²) in [5.74, 6) is -0.883. The zero-order valence-corrected chi connectivity index (χ0v) is 14.6. The van der Waals surface area contributed by atoms with Crippen molar-refractivity contribution < 1.29 is 19.2 Å². The Kier molecular flexibility index (Phi) is 4.63. The van der Waals surface area contributed by atoms with Crippen molar-refractivity contribution in [1.82, 2.24) is 4.98 Å². The van der Waals surface area contributed by atoms with Crippen LogP contribution in [0.25, 0.3) is 10.2 Å². The number of hydrogen-bond donors (Lipinski definition) is 1. The maximum absolute atomic E-state index is 12.3. The lowest BCUT2D eigenvalue weighted by Crippen LogP contribution is -2.12. The van der Waals surface area contributed by atoms with Gasteiger partial charge in [-0.3, -0.25) is 20.2 Å². The molecule has 0 aliphatic rings. The van der Waals surface area contributed by atoms with Gasteiger partial charge < -0.3 is 4.74 Å². The Balaban J connectivity index is 1.83. The van der Waals surface area contributed by atoms with Gasteiger partial charge in [-0.05, 0) is 37.3 Å². The normalized spacial score (nSPS) is 10.5. The van der Waals surface area contributed by atoms with Crippen molar-refractivity contribution in [3.05, 3.63) is 63.2 Å². The van der Waals surface area contributed by atoms with Crippen LogP contribution >= 0.6 is 11.3 Å². The second-order valence-corrected chi connectivity index (χ2v) is 6.44. The maximum Gasteiger partial charge on any atom is 0.337 e. The van der Waals surface area contributed by atoms with E-state index in [0.29, 0.717) is 27.3 Å². The molecule has 2 aromatic carbocycles. The van der Waals surface area contributed by atoms with E-state index in [0.717, 1.165) is 4.70 Å². The zero-order valence-electron chi connectivity index (χ0n) is 13.8. The van der Waals surface area contributed by atoms with Crippen molar-refractivity contribution in [2.24, 2.45) is 0 Å². The quantitative estimate of drug-likeness (QED) is 0.426. The summed E-state index contributed by atoms with van der Waals surface area (Å²) in [6, 6.07) is 9.05. The number of amides is 1. The Hall–Kier alpha value is -3.33. The van der Waals surface area contributed by atoms with E-state index < -0.39 is 16.8 Å². The molecule has 1 aromatic heterocycles. The lowest BCUT2D eigenvalue weighted by molar-refractivity contribution is -0.385. The minimum absolute atomic E-state index is 0.0147. The largest absolute Gasteiger partial charge is 0.465 e. The molecule has 0 saturated heterocycles. The van der Waals surface area contributed by atoms with Crippen molar-refractivity contribution >= 4 is 44.2 Å². The lowest BCUT2D eigenvalue weighted by atomic mass is 10.1. The number of hydrogen-bond acceptors (Lipinski definition) is 7. The SMILES string of the molecule is COC(=O)c1ccc(C(=O)Nc2nc3cc([N+](=O)[O-])c(C)cc3s2)cc1. The van der Waals surface area contributed by atoms with Crippen LogP contribution in [0.1, 0.15) is 26.3 Å². The van der Waals surface area contributed by atoms with Crippen LogP contribution in [0, 0.1) is 17.0 Å². The highest BCUT2D eigenvalue weighted by molar-refractivity contribution is 7.22. The van der Waals surface area contributed by atoms with Crippen LogP contribution in [0.5, 0.6) is 0 Å². The fourth-order valence-corrected chi connectivity index (χ4v) is 3.30. The number of nitro groups is 1. The molecule has 3 aromatic rings. The van der Waals surface area contributed by atoms with Gasteiger partial charge in [0, 0.05) is 17.2 Å². The second-order valence-electron chi connectivity index (χ2n) is 5.41. The molecule has 0 fully saturated rings. The molecule has 8 nitrogen and oxygen atoms in total. The molecule has 1 N–H and O–H groups in total. The summed E-state index contributed by atoms with van der Waals surface area (Å²) < 4.78 is 5.35. The predicted molar refractivity (Wildman–Crippen MR) is 96.7 cm³/mol. The van der Waals surface area contributed by atoms with E-state index in [-0.39, 0.29) is 5.69 Å². The number of benzene rings is 2. The Labute approximate surface area is 151 Å². The number of nitrogens with zero attached hydrogens (tertiary/aromatic N) is 2. The van der Waals surface area contributed by atoms with Crippen LogP contribution in [0.4, 0.5) is 10.8 Å². The molecule has 0 aliphatic carbocycles. The third-order valence-electron chi connectivity index (χ3n) is 3.69. The molecular formula is C17H13N3O5S. The summed E-state index contributed by atoms with van der Waals surface area (Å²) >= 11 is 1.23. The number of carbonyl (C=O) groups is 2. The summed E-state index contributed by atoms with van der Waals surface area (Å²) in [5.41, 5.74) is 1.65. The third kappa shape index (κ3) is 3.38. The minimum Gasteiger partial charge on any atom is -0.465 e. The summed E-state index contributed by atoms with van der Waals surface area (Å²) in [6.45, 7) is 1.65. The maximum atomic E-state index is 12.3. The molecule has 0 aliphatic heterocycles. The second kappa shape index (κ2) is 6.89. The number of methoxy groups -OCH3 is 1. The number of nitro benzene ring substituents is 1. The van der Waals surface area contributed by atoms with Crippen LogP contribution in [0.15, 0.2) is 36.4 Å². The van der Waals surface area contributed by atoms with Crippen molar-refractivity contribution in [2.75, 3.05) is 12.4 Å². The topological polar surface area (TPSA) is 111 Å². The highest BCUT2D eigenvalue weighted by Crippen LogP contribution is 2.31. The fourth-order valence-electron chi connectivity index (χ4n) is 2.36. The minimum atomic E-state index is -0.486. The third-order valence-corrected chi connectivity index (χ3v) is 4.63. The molecule has 0 bridgehead atoms. The number of rotatable bonds is 4. The van der Waals surface area contributed by atoms with E-state index >= 15 is 0 Å². The van der Waals surface area contributed by atoms with E-state index in [4.69, 9.17) is 0 Å². The zero-order chi connectivity index (χ0) is 18.8. The number of carbonyl (C=O) groups excluding carboxylic acids is 2. The van der Waals surface area contributed by atoms with Crippen LogP contribution in [-0.2, 0) is 4.74 Å². The van der Waals surface area contributed by atoms with Crippen LogP contribution < -0.4 is 5.32 Å². The molecule has 9 heteroatoms. The number of aryl methyl sites for hydroxylation is 1. The van der Waals surface area contributed by atoms with Gasteiger partial charge in [-0.1, -0.05) is 11.3 Å². The predicted octanol–water partition coefficient (Wildman–Crippen LogP) is 3.55. The average molecular weight is 371 g/mol. The molecule has 0 radical (unpaired) electrons.